The Balaban J connectivity index is 2.72. The Kier molecular flexibility index (Phi) is 4.22. The Morgan fingerprint density at radius 3 is 2.59 bits per heavy atom. The number of carbonyl (C=O) groups is 2. The lowest BCUT2D eigenvalue weighted by Crippen LogP contribution is -2.44. The number of aromatic nitrogens is 1. The lowest BCUT2D eigenvalue weighted by Gasteiger charge is -2.24. The van der Waals surface area contributed by atoms with Crippen LogP contribution in [0, 0.1) is 0 Å². The summed E-state index contributed by atoms with van der Waals surface area (Å²) in [4.78, 5) is 26.3. The average molecular weight is 301 g/mol. The molecule has 0 aliphatic carbocycles. The second-order valence-corrected chi connectivity index (χ2v) is 5.09. The molecule has 0 aliphatic rings. The first-order valence-corrected chi connectivity index (χ1v) is 5.75. The molecular formula is C11H13BrN2O3. The van der Waals surface area contributed by atoms with E-state index in [9.17, 15) is 9.59 Å². The fraction of sp³-hybridized carbons (Fsp3) is 0.364. The van der Waals surface area contributed by atoms with Crippen LogP contribution < -0.4 is 5.32 Å². The number of pyridine rings is 1. The molecule has 92 valence electrons. The van der Waals surface area contributed by atoms with E-state index in [1.54, 1.807) is 26.0 Å². The van der Waals surface area contributed by atoms with Gasteiger partial charge in [0.15, 0.2) is 0 Å². The summed E-state index contributed by atoms with van der Waals surface area (Å²) in [6.07, 6.45) is 1.29. The maximum absolute atomic E-state index is 11.8. The fourth-order valence-corrected chi connectivity index (χ4v) is 1.55. The minimum absolute atomic E-state index is 0.136. The van der Waals surface area contributed by atoms with E-state index in [2.05, 4.69) is 26.2 Å². The molecule has 2 N–H and O–H groups in total. The molecule has 0 aliphatic heterocycles. The van der Waals surface area contributed by atoms with E-state index in [-0.39, 0.29) is 12.3 Å². The highest BCUT2D eigenvalue weighted by molar-refractivity contribution is 9.10. The summed E-state index contributed by atoms with van der Waals surface area (Å²) in [7, 11) is 0. The van der Waals surface area contributed by atoms with Crippen molar-refractivity contribution in [3.8, 4) is 0 Å². The summed E-state index contributed by atoms with van der Waals surface area (Å²) in [5, 5.41) is 11.3. The summed E-state index contributed by atoms with van der Waals surface area (Å²) in [6, 6.07) is 3.27. The molecule has 0 fully saturated rings. The van der Waals surface area contributed by atoms with Crippen molar-refractivity contribution in [2.45, 2.75) is 25.8 Å². The van der Waals surface area contributed by atoms with Crippen LogP contribution in [0.3, 0.4) is 0 Å². The Labute approximate surface area is 107 Å². The number of rotatable bonds is 4. The molecule has 0 saturated heterocycles. The van der Waals surface area contributed by atoms with Crippen molar-refractivity contribution in [3.63, 3.8) is 0 Å². The highest BCUT2D eigenvalue weighted by Gasteiger charge is 2.24. The number of carbonyl (C=O) groups excluding carboxylic acids is 1. The smallest absolute Gasteiger partial charge is 0.305 e. The van der Waals surface area contributed by atoms with E-state index < -0.39 is 11.5 Å². The first-order chi connectivity index (χ1) is 7.80. The first kappa shape index (κ1) is 13.6. The summed E-state index contributed by atoms with van der Waals surface area (Å²) in [5.74, 6) is -1.29. The van der Waals surface area contributed by atoms with Gasteiger partial charge in [0, 0.05) is 11.7 Å². The van der Waals surface area contributed by atoms with Crippen molar-refractivity contribution in [2.75, 3.05) is 0 Å². The third-order valence-electron chi connectivity index (χ3n) is 2.03. The minimum Gasteiger partial charge on any atom is -0.481 e. The van der Waals surface area contributed by atoms with Crippen molar-refractivity contribution in [2.24, 2.45) is 0 Å². The van der Waals surface area contributed by atoms with Crippen LogP contribution in [-0.2, 0) is 4.79 Å². The van der Waals surface area contributed by atoms with Gasteiger partial charge >= 0.3 is 5.97 Å². The van der Waals surface area contributed by atoms with E-state index in [0.717, 1.165) is 0 Å². The van der Waals surface area contributed by atoms with Gasteiger partial charge in [-0.05, 0) is 41.9 Å². The Hall–Kier alpha value is -1.43. The third kappa shape index (κ3) is 4.52. The largest absolute Gasteiger partial charge is 0.481 e. The molecule has 0 spiro atoms. The minimum atomic E-state index is -0.954. The van der Waals surface area contributed by atoms with Crippen molar-refractivity contribution < 1.29 is 14.7 Å². The number of aliphatic carboxylic acids is 1. The molecule has 1 rings (SSSR count). The van der Waals surface area contributed by atoms with Gasteiger partial charge in [-0.2, -0.15) is 0 Å². The first-order valence-electron chi connectivity index (χ1n) is 4.96. The number of amides is 1. The predicted octanol–water partition coefficient (Wildman–Crippen LogP) is 1.83. The van der Waals surface area contributed by atoms with Gasteiger partial charge in [-0.15, -0.1) is 0 Å². The molecule has 1 heterocycles. The summed E-state index contributed by atoms with van der Waals surface area (Å²) in [6.45, 7) is 3.32. The molecule has 0 unspecified atom stereocenters. The van der Waals surface area contributed by atoms with E-state index >= 15 is 0 Å². The van der Waals surface area contributed by atoms with Crippen LogP contribution in [0.25, 0.3) is 0 Å². The van der Waals surface area contributed by atoms with E-state index in [1.807, 2.05) is 0 Å². The van der Waals surface area contributed by atoms with Gasteiger partial charge in [0.2, 0.25) is 0 Å². The monoisotopic (exact) mass is 300 g/mol. The zero-order valence-electron chi connectivity index (χ0n) is 9.53. The molecule has 0 radical (unpaired) electrons. The molecule has 1 aromatic rings. The molecular weight excluding hydrogens is 288 g/mol. The molecule has 0 bridgehead atoms. The van der Waals surface area contributed by atoms with Crippen LogP contribution in [0.4, 0.5) is 0 Å². The van der Waals surface area contributed by atoms with Crippen molar-refractivity contribution >= 4 is 27.8 Å². The highest BCUT2D eigenvalue weighted by atomic mass is 79.9. The number of nitrogens with one attached hydrogen (secondary N) is 1. The zero-order valence-corrected chi connectivity index (χ0v) is 11.1. The maximum atomic E-state index is 11.8. The third-order valence-corrected chi connectivity index (χ3v) is 2.50. The molecule has 1 aromatic heterocycles. The fourth-order valence-electron chi connectivity index (χ4n) is 1.31. The summed E-state index contributed by atoms with van der Waals surface area (Å²) < 4.78 is 0.638. The van der Waals surface area contributed by atoms with Gasteiger partial charge in [-0.1, -0.05) is 0 Å². The van der Waals surface area contributed by atoms with Crippen molar-refractivity contribution in [1.29, 1.82) is 0 Å². The SMILES string of the molecule is CC(C)(CC(=O)O)NC(=O)c1ccc(Br)nc1. The molecule has 6 heteroatoms. The zero-order chi connectivity index (χ0) is 13.1. The van der Waals surface area contributed by atoms with Crippen LogP contribution in [0.2, 0.25) is 0 Å². The van der Waals surface area contributed by atoms with Crippen LogP contribution in [0.1, 0.15) is 30.6 Å². The summed E-state index contributed by atoms with van der Waals surface area (Å²) >= 11 is 3.17. The number of halogens is 1. The Morgan fingerprint density at radius 2 is 2.12 bits per heavy atom. The van der Waals surface area contributed by atoms with Gasteiger partial charge in [0.25, 0.3) is 5.91 Å². The number of carboxylic acid groups (broad SMARTS) is 1. The molecule has 0 saturated carbocycles. The van der Waals surface area contributed by atoms with E-state index in [4.69, 9.17) is 5.11 Å². The van der Waals surface area contributed by atoms with Gasteiger partial charge < -0.3 is 10.4 Å². The molecule has 17 heavy (non-hydrogen) atoms. The second-order valence-electron chi connectivity index (χ2n) is 4.28. The molecule has 0 atom stereocenters. The number of hydrogen-bond donors (Lipinski definition) is 2. The normalized spacial score (nSPS) is 11.0. The molecule has 5 nitrogen and oxygen atoms in total. The number of nitrogens with zero attached hydrogens (tertiary/aromatic N) is 1. The topological polar surface area (TPSA) is 79.3 Å². The van der Waals surface area contributed by atoms with Crippen LogP contribution in [0.5, 0.6) is 0 Å². The molecule has 1 amide bonds. The molecule has 0 aromatic carbocycles. The quantitative estimate of drug-likeness (QED) is 0.832. The van der Waals surface area contributed by atoms with E-state index in [0.29, 0.717) is 10.2 Å². The number of hydrogen-bond acceptors (Lipinski definition) is 3. The lowest BCUT2D eigenvalue weighted by atomic mass is 10.0. The Morgan fingerprint density at radius 1 is 1.47 bits per heavy atom. The van der Waals surface area contributed by atoms with Gasteiger partial charge in [-0.3, -0.25) is 9.59 Å². The van der Waals surface area contributed by atoms with Crippen LogP contribution >= 0.6 is 15.9 Å². The van der Waals surface area contributed by atoms with Crippen molar-refractivity contribution in [1.82, 2.24) is 10.3 Å². The standard InChI is InChI=1S/C11H13BrN2O3/c1-11(2,5-9(15)16)14-10(17)7-3-4-8(12)13-6-7/h3-4,6H,5H2,1-2H3,(H,14,17)(H,15,16). The Bertz CT molecular complexity index is 429. The second kappa shape index (κ2) is 5.27. The highest BCUT2D eigenvalue weighted by Crippen LogP contribution is 2.11. The predicted molar refractivity (Wildman–Crippen MR) is 65.7 cm³/mol. The summed E-state index contributed by atoms with van der Waals surface area (Å²) in [5.41, 5.74) is -0.401. The van der Waals surface area contributed by atoms with Gasteiger partial charge in [0.05, 0.1) is 12.0 Å². The van der Waals surface area contributed by atoms with Crippen LogP contribution in [0.15, 0.2) is 22.9 Å². The van der Waals surface area contributed by atoms with Crippen molar-refractivity contribution in [3.05, 3.63) is 28.5 Å². The number of carboxylic acids is 1. The lowest BCUT2D eigenvalue weighted by molar-refractivity contribution is -0.138. The maximum Gasteiger partial charge on any atom is 0.305 e. The van der Waals surface area contributed by atoms with Gasteiger partial charge in [-0.25, -0.2) is 4.98 Å². The van der Waals surface area contributed by atoms with Gasteiger partial charge in [0.1, 0.15) is 4.60 Å². The average Bonchev–Trinajstić information content (AvgIpc) is 2.15. The van der Waals surface area contributed by atoms with Crippen LogP contribution in [-0.4, -0.2) is 27.5 Å². The van der Waals surface area contributed by atoms with E-state index in [1.165, 1.54) is 6.20 Å².